The first kappa shape index (κ1) is 13.5. The van der Waals surface area contributed by atoms with E-state index in [1.807, 2.05) is 0 Å². The SMILES string of the molecule is O=C(CCl)Nc1ccc(C(=O)NCCO)cc1. The molecule has 0 spiro atoms. The van der Waals surface area contributed by atoms with Crippen molar-refractivity contribution in [3.63, 3.8) is 0 Å². The van der Waals surface area contributed by atoms with Crippen LogP contribution < -0.4 is 10.6 Å². The van der Waals surface area contributed by atoms with E-state index in [2.05, 4.69) is 10.6 Å². The fraction of sp³-hybridized carbons (Fsp3) is 0.273. The number of anilines is 1. The molecule has 0 unspecified atom stereocenters. The largest absolute Gasteiger partial charge is 0.395 e. The van der Waals surface area contributed by atoms with E-state index in [0.717, 1.165) is 0 Å². The van der Waals surface area contributed by atoms with Crippen molar-refractivity contribution in [2.45, 2.75) is 0 Å². The number of rotatable bonds is 5. The minimum absolute atomic E-state index is 0.102. The summed E-state index contributed by atoms with van der Waals surface area (Å²) in [6, 6.07) is 6.38. The van der Waals surface area contributed by atoms with Gasteiger partial charge in [0.25, 0.3) is 5.91 Å². The molecule has 0 aliphatic carbocycles. The summed E-state index contributed by atoms with van der Waals surface area (Å²) in [5.74, 6) is -0.683. The first-order valence-corrected chi connectivity index (χ1v) is 5.55. The van der Waals surface area contributed by atoms with Gasteiger partial charge in [-0.1, -0.05) is 0 Å². The van der Waals surface area contributed by atoms with Crippen molar-refractivity contribution in [1.29, 1.82) is 0 Å². The monoisotopic (exact) mass is 256 g/mol. The number of benzene rings is 1. The molecule has 0 radical (unpaired) electrons. The summed E-state index contributed by atoms with van der Waals surface area (Å²) in [5.41, 5.74) is 1.04. The van der Waals surface area contributed by atoms with Crippen molar-refractivity contribution in [3.05, 3.63) is 29.8 Å². The molecule has 6 heteroatoms. The Kier molecular flexibility index (Phi) is 5.45. The predicted octanol–water partition coefficient (Wildman–Crippen LogP) is 0.586. The molecular weight excluding hydrogens is 244 g/mol. The van der Waals surface area contributed by atoms with Crippen LogP contribution in [-0.4, -0.2) is 36.0 Å². The summed E-state index contributed by atoms with van der Waals surface area (Å²) in [7, 11) is 0. The highest BCUT2D eigenvalue weighted by Gasteiger charge is 2.05. The van der Waals surface area contributed by atoms with Gasteiger partial charge in [0.2, 0.25) is 5.91 Å². The van der Waals surface area contributed by atoms with Gasteiger partial charge in [0, 0.05) is 17.8 Å². The molecule has 92 valence electrons. The first-order valence-electron chi connectivity index (χ1n) is 5.02. The molecule has 0 aliphatic heterocycles. The number of carbonyl (C=O) groups is 2. The Hall–Kier alpha value is -1.59. The van der Waals surface area contributed by atoms with Crippen LogP contribution in [0.15, 0.2) is 24.3 Å². The van der Waals surface area contributed by atoms with Crippen LogP contribution in [0.25, 0.3) is 0 Å². The van der Waals surface area contributed by atoms with Crippen LogP contribution in [0.3, 0.4) is 0 Å². The van der Waals surface area contributed by atoms with E-state index in [-0.39, 0.29) is 30.8 Å². The molecule has 2 amide bonds. The molecule has 5 nitrogen and oxygen atoms in total. The summed E-state index contributed by atoms with van der Waals surface area (Å²) in [6.07, 6.45) is 0. The number of hydrogen-bond acceptors (Lipinski definition) is 3. The summed E-state index contributed by atoms with van der Waals surface area (Å²) in [4.78, 5) is 22.5. The van der Waals surface area contributed by atoms with E-state index in [9.17, 15) is 9.59 Å². The Labute approximate surface area is 104 Å². The number of halogens is 1. The Morgan fingerprint density at radius 1 is 1.24 bits per heavy atom. The zero-order chi connectivity index (χ0) is 12.7. The lowest BCUT2D eigenvalue weighted by Crippen LogP contribution is -2.26. The normalized spacial score (nSPS) is 9.76. The highest BCUT2D eigenvalue weighted by atomic mass is 35.5. The molecule has 1 aromatic carbocycles. The van der Waals surface area contributed by atoms with Crippen LogP contribution in [0.5, 0.6) is 0 Å². The van der Waals surface area contributed by atoms with Gasteiger partial charge in [0.05, 0.1) is 6.61 Å². The van der Waals surface area contributed by atoms with Crippen molar-refractivity contribution in [2.75, 3.05) is 24.3 Å². The van der Waals surface area contributed by atoms with E-state index >= 15 is 0 Å². The van der Waals surface area contributed by atoms with Crippen molar-refractivity contribution in [1.82, 2.24) is 5.32 Å². The molecule has 0 bridgehead atoms. The molecule has 0 saturated carbocycles. The molecule has 0 aliphatic rings. The zero-order valence-corrected chi connectivity index (χ0v) is 9.83. The van der Waals surface area contributed by atoms with E-state index in [1.54, 1.807) is 24.3 Å². The zero-order valence-electron chi connectivity index (χ0n) is 9.07. The lowest BCUT2D eigenvalue weighted by molar-refractivity contribution is -0.113. The van der Waals surface area contributed by atoms with Crippen LogP contribution in [0.1, 0.15) is 10.4 Å². The molecular formula is C11H13ClN2O3. The maximum Gasteiger partial charge on any atom is 0.251 e. The molecule has 0 fully saturated rings. The molecule has 1 aromatic rings. The van der Waals surface area contributed by atoms with E-state index in [0.29, 0.717) is 11.3 Å². The smallest absolute Gasteiger partial charge is 0.251 e. The van der Waals surface area contributed by atoms with Gasteiger partial charge in [0.1, 0.15) is 5.88 Å². The number of nitrogens with one attached hydrogen (secondary N) is 2. The number of hydrogen-bond donors (Lipinski definition) is 3. The number of aliphatic hydroxyl groups is 1. The fourth-order valence-corrected chi connectivity index (χ4v) is 1.24. The fourth-order valence-electron chi connectivity index (χ4n) is 1.17. The number of alkyl halides is 1. The van der Waals surface area contributed by atoms with Gasteiger partial charge in [0.15, 0.2) is 0 Å². The number of carbonyl (C=O) groups excluding carboxylic acids is 2. The third-order valence-corrected chi connectivity index (χ3v) is 2.19. The van der Waals surface area contributed by atoms with Crippen LogP contribution >= 0.6 is 11.6 Å². The topological polar surface area (TPSA) is 78.4 Å². The van der Waals surface area contributed by atoms with Crippen molar-refractivity contribution in [3.8, 4) is 0 Å². The second kappa shape index (κ2) is 6.88. The summed E-state index contributed by atoms with van der Waals surface area (Å²) < 4.78 is 0. The standard InChI is InChI=1S/C11H13ClN2O3/c12-7-10(16)14-9-3-1-8(2-4-9)11(17)13-5-6-15/h1-4,15H,5-7H2,(H,13,17)(H,14,16). The van der Waals surface area contributed by atoms with Crippen LogP contribution in [0.2, 0.25) is 0 Å². The minimum Gasteiger partial charge on any atom is -0.395 e. The second-order valence-electron chi connectivity index (χ2n) is 3.24. The molecule has 0 atom stereocenters. The lowest BCUT2D eigenvalue weighted by Gasteiger charge is -2.05. The van der Waals surface area contributed by atoms with Crippen molar-refractivity contribution >= 4 is 29.1 Å². The van der Waals surface area contributed by atoms with Gasteiger partial charge in [-0.15, -0.1) is 11.6 Å². The molecule has 0 heterocycles. The Morgan fingerprint density at radius 2 is 1.88 bits per heavy atom. The maximum absolute atomic E-state index is 11.5. The van der Waals surface area contributed by atoms with Crippen LogP contribution in [0.4, 0.5) is 5.69 Å². The van der Waals surface area contributed by atoms with Gasteiger partial charge >= 0.3 is 0 Å². The molecule has 1 rings (SSSR count). The highest BCUT2D eigenvalue weighted by molar-refractivity contribution is 6.29. The Bertz CT molecular complexity index is 392. The first-order chi connectivity index (χ1) is 8.17. The van der Waals surface area contributed by atoms with Crippen molar-refractivity contribution in [2.24, 2.45) is 0 Å². The summed E-state index contributed by atoms with van der Waals surface area (Å²) >= 11 is 5.34. The lowest BCUT2D eigenvalue weighted by atomic mass is 10.2. The van der Waals surface area contributed by atoms with Crippen LogP contribution in [0, 0.1) is 0 Å². The molecule has 17 heavy (non-hydrogen) atoms. The van der Waals surface area contributed by atoms with E-state index in [4.69, 9.17) is 16.7 Å². The quantitative estimate of drug-likeness (QED) is 0.675. The number of aliphatic hydroxyl groups excluding tert-OH is 1. The second-order valence-corrected chi connectivity index (χ2v) is 3.51. The van der Waals surface area contributed by atoms with Gasteiger partial charge in [-0.05, 0) is 24.3 Å². The third-order valence-electron chi connectivity index (χ3n) is 1.95. The summed E-state index contributed by atoms with van der Waals surface area (Å²) in [6.45, 7) is 0.110. The van der Waals surface area contributed by atoms with Crippen LogP contribution in [-0.2, 0) is 4.79 Å². The molecule has 0 aromatic heterocycles. The Morgan fingerprint density at radius 3 is 2.41 bits per heavy atom. The maximum atomic E-state index is 11.5. The number of amides is 2. The highest BCUT2D eigenvalue weighted by Crippen LogP contribution is 2.09. The van der Waals surface area contributed by atoms with Crippen molar-refractivity contribution < 1.29 is 14.7 Å². The van der Waals surface area contributed by atoms with Gasteiger partial charge < -0.3 is 15.7 Å². The van der Waals surface area contributed by atoms with E-state index in [1.165, 1.54) is 0 Å². The average Bonchev–Trinajstić information content (AvgIpc) is 2.36. The molecule has 0 saturated heterocycles. The van der Waals surface area contributed by atoms with E-state index < -0.39 is 0 Å². The van der Waals surface area contributed by atoms with Gasteiger partial charge in [-0.3, -0.25) is 9.59 Å². The Balaban J connectivity index is 2.61. The predicted molar refractivity (Wildman–Crippen MR) is 65.2 cm³/mol. The summed E-state index contributed by atoms with van der Waals surface area (Å²) in [5, 5.41) is 13.6. The van der Waals surface area contributed by atoms with Gasteiger partial charge in [-0.25, -0.2) is 0 Å². The van der Waals surface area contributed by atoms with Gasteiger partial charge in [-0.2, -0.15) is 0 Å². The minimum atomic E-state index is -0.302. The third kappa shape index (κ3) is 4.42. The molecule has 3 N–H and O–H groups in total. The average molecular weight is 257 g/mol.